The minimum absolute atomic E-state index is 0.163. The first kappa shape index (κ1) is 9.75. The molecule has 0 heterocycles. The Kier molecular flexibility index (Phi) is 6.70. The van der Waals surface area contributed by atoms with E-state index < -0.39 is 0 Å². The molecule has 4 heteroatoms. The quantitative estimate of drug-likeness (QED) is 0.364. The molecule has 0 aliphatic heterocycles. The summed E-state index contributed by atoms with van der Waals surface area (Å²) in [6, 6.07) is 0. The summed E-state index contributed by atoms with van der Waals surface area (Å²) in [6.45, 7) is 1.92. The van der Waals surface area contributed by atoms with Gasteiger partial charge in [-0.25, -0.2) is 0 Å². The summed E-state index contributed by atoms with van der Waals surface area (Å²) in [5, 5.41) is 0. The third-order valence-electron chi connectivity index (χ3n) is 1.01. The number of esters is 1. The topological polar surface area (TPSA) is 26.3 Å². The van der Waals surface area contributed by atoms with Gasteiger partial charge in [0.25, 0.3) is 0 Å². The Morgan fingerprint density at radius 3 is 3.00 bits per heavy atom. The Morgan fingerprint density at radius 2 is 2.50 bits per heavy atom. The Balaban J connectivity index is 3.19. The minimum atomic E-state index is -0.163. The number of thiol groups is 1. The molecule has 0 bridgehead atoms. The van der Waals surface area contributed by atoms with Crippen LogP contribution in [0.1, 0.15) is 6.42 Å². The molecular formula is C6H11BO2S. The molecule has 0 atom stereocenters. The van der Waals surface area contributed by atoms with Crippen LogP contribution in [-0.2, 0) is 9.53 Å². The number of carbonyl (C=O) groups is 1. The van der Waals surface area contributed by atoms with Crippen molar-refractivity contribution in [1.82, 2.24) is 0 Å². The summed E-state index contributed by atoms with van der Waals surface area (Å²) < 4.78 is 4.44. The van der Waals surface area contributed by atoms with Crippen molar-refractivity contribution in [1.29, 1.82) is 0 Å². The first-order chi connectivity index (χ1) is 4.81. The van der Waals surface area contributed by atoms with E-state index in [0.29, 0.717) is 6.42 Å². The van der Waals surface area contributed by atoms with E-state index in [1.165, 1.54) is 7.11 Å². The second-order valence-corrected chi connectivity index (χ2v) is 2.13. The zero-order valence-electron chi connectivity index (χ0n) is 6.04. The van der Waals surface area contributed by atoms with Gasteiger partial charge in [0, 0.05) is 0 Å². The molecule has 0 unspecified atom stereocenters. The van der Waals surface area contributed by atoms with E-state index in [-0.39, 0.29) is 5.97 Å². The zero-order chi connectivity index (χ0) is 7.82. The molecular weight excluding hydrogens is 147 g/mol. The van der Waals surface area contributed by atoms with Crippen LogP contribution in [0.25, 0.3) is 0 Å². The molecule has 0 aromatic rings. The summed E-state index contributed by atoms with van der Waals surface area (Å²) in [7, 11) is 1.39. The Morgan fingerprint density at radius 1 is 1.80 bits per heavy atom. The second-order valence-electron chi connectivity index (χ2n) is 1.77. The van der Waals surface area contributed by atoms with Crippen molar-refractivity contribution in [2.45, 2.75) is 12.7 Å². The molecule has 0 aromatic carbocycles. The van der Waals surface area contributed by atoms with E-state index in [9.17, 15) is 4.79 Å². The van der Waals surface area contributed by atoms with Gasteiger partial charge in [0.05, 0.1) is 0 Å². The van der Waals surface area contributed by atoms with E-state index in [1.54, 1.807) is 0 Å². The molecule has 0 rings (SSSR count). The van der Waals surface area contributed by atoms with Gasteiger partial charge in [0.2, 0.25) is 0 Å². The van der Waals surface area contributed by atoms with Gasteiger partial charge in [-0.3, -0.25) is 0 Å². The van der Waals surface area contributed by atoms with Gasteiger partial charge in [0.15, 0.2) is 0 Å². The number of ether oxygens (including phenoxy) is 1. The fraction of sp³-hybridized carbons (Fsp3) is 0.667. The first-order valence-electron chi connectivity index (χ1n) is 3.14. The average molecular weight is 158 g/mol. The predicted molar refractivity (Wildman–Crippen MR) is 47.1 cm³/mol. The zero-order valence-corrected chi connectivity index (χ0v) is 6.93. The van der Waals surface area contributed by atoms with Crippen LogP contribution in [-0.4, -0.2) is 31.7 Å². The van der Waals surface area contributed by atoms with Crippen LogP contribution in [0.15, 0.2) is 0 Å². The van der Waals surface area contributed by atoms with Gasteiger partial charge in [-0.2, -0.15) is 0 Å². The van der Waals surface area contributed by atoms with E-state index in [1.807, 2.05) is 12.9 Å². The van der Waals surface area contributed by atoms with E-state index in [4.69, 9.17) is 0 Å². The molecule has 0 fully saturated rings. The Labute approximate surface area is 67.3 Å². The molecule has 0 spiro atoms. The molecule has 0 amide bonds. The van der Waals surface area contributed by atoms with Crippen molar-refractivity contribution >= 4 is 31.5 Å². The second kappa shape index (κ2) is 6.87. The predicted octanol–water partition coefficient (Wildman–Crippen LogP) is 0.404. The number of rotatable bonds is 4. The molecule has 0 N–H and O–H groups in total. The van der Waals surface area contributed by atoms with Crippen molar-refractivity contribution in [2.24, 2.45) is 0 Å². The summed E-state index contributed by atoms with van der Waals surface area (Å²) in [6.07, 6.45) is 1.20. The Hall–Kier alpha value is -0.245. The van der Waals surface area contributed by atoms with Crippen molar-refractivity contribution in [3.63, 3.8) is 0 Å². The van der Waals surface area contributed by atoms with E-state index in [2.05, 4.69) is 17.4 Å². The first-order valence-corrected chi connectivity index (χ1v) is 3.77. The third kappa shape index (κ3) is 5.88. The van der Waals surface area contributed by atoms with Crippen molar-refractivity contribution in [3.8, 4) is 0 Å². The molecule has 56 valence electrons. The molecule has 0 saturated heterocycles. The van der Waals surface area contributed by atoms with E-state index in [0.717, 1.165) is 12.1 Å². The molecule has 0 radical (unpaired) electrons. The normalized spacial score (nSPS) is 9.40. The van der Waals surface area contributed by atoms with Crippen LogP contribution in [0.5, 0.6) is 0 Å². The maximum absolute atomic E-state index is 10.5. The molecule has 2 nitrogen and oxygen atoms in total. The number of hydrogen-bond acceptors (Lipinski definition) is 3. The fourth-order valence-electron chi connectivity index (χ4n) is 0.496. The molecule has 0 aliphatic carbocycles. The summed E-state index contributed by atoms with van der Waals surface area (Å²) in [4.78, 5) is 10.5. The van der Waals surface area contributed by atoms with Gasteiger partial charge >= 0.3 is 66.6 Å². The van der Waals surface area contributed by atoms with Crippen molar-refractivity contribution in [2.75, 3.05) is 12.9 Å². The number of carbonyl (C=O) groups excluding carboxylic acids is 1. The number of methoxy groups -OCH3 is 1. The molecule has 0 saturated carbocycles. The van der Waals surface area contributed by atoms with Gasteiger partial charge in [-0.05, 0) is 0 Å². The summed E-state index contributed by atoms with van der Waals surface area (Å²) >= 11 is 3.97. The SMILES string of the molecule is COC(=O)CCB=CCS. The van der Waals surface area contributed by atoms with Gasteiger partial charge < -0.3 is 0 Å². The van der Waals surface area contributed by atoms with Crippen molar-refractivity contribution < 1.29 is 9.53 Å². The molecule has 0 aromatic heterocycles. The van der Waals surface area contributed by atoms with Crippen LogP contribution in [0.4, 0.5) is 0 Å². The van der Waals surface area contributed by atoms with Gasteiger partial charge in [-0.15, -0.1) is 0 Å². The van der Waals surface area contributed by atoms with Crippen LogP contribution in [0.3, 0.4) is 0 Å². The fourth-order valence-corrected chi connectivity index (χ4v) is 0.645. The number of hydrogen-bond donors (Lipinski definition) is 1. The molecule has 10 heavy (non-hydrogen) atoms. The van der Waals surface area contributed by atoms with Crippen molar-refractivity contribution in [3.05, 3.63) is 0 Å². The van der Waals surface area contributed by atoms with Crippen LogP contribution < -0.4 is 0 Å². The molecule has 0 aliphatic rings. The van der Waals surface area contributed by atoms with Crippen LogP contribution in [0, 0.1) is 0 Å². The maximum atomic E-state index is 10.5. The van der Waals surface area contributed by atoms with Gasteiger partial charge in [-0.1, -0.05) is 0 Å². The standard InChI is InChI=1S/C6H11BO2S/c1-9-6(8)2-3-7-4-5-10/h4,10H,2-3,5H2,1H3. The average Bonchev–Trinajstić information content (AvgIpc) is 1.98. The summed E-state index contributed by atoms with van der Waals surface area (Å²) in [5.41, 5.74) is 0. The van der Waals surface area contributed by atoms with Crippen LogP contribution in [0.2, 0.25) is 6.32 Å². The van der Waals surface area contributed by atoms with Crippen LogP contribution >= 0.6 is 12.6 Å². The summed E-state index contributed by atoms with van der Waals surface area (Å²) in [5.74, 6) is 2.47. The monoisotopic (exact) mass is 158 g/mol. The Bertz CT molecular complexity index is 125. The van der Waals surface area contributed by atoms with E-state index >= 15 is 0 Å². The van der Waals surface area contributed by atoms with Gasteiger partial charge in [0.1, 0.15) is 0 Å². The third-order valence-corrected chi connectivity index (χ3v) is 1.23.